The van der Waals surface area contributed by atoms with Crippen LogP contribution in [-0.4, -0.2) is 54.8 Å². The molecular weight excluding hydrogens is 565 g/mol. The van der Waals surface area contributed by atoms with Gasteiger partial charge >= 0.3 is 0 Å². The van der Waals surface area contributed by atoms with E-state index in [1.54, 1.807) is 6.92 Å². The van der Waals surface area contributed by atoms with Gasteiger partial charge in [0.15, 0.2) is 0 Å². The molecule has 1 atom stereocenters. The molecule has 3 aromatic rings. The molecule has 5 rings (SSSR count). The first-order valence-electron chi connectivity index (χ1n) is 15.1. The van der Waals surface area contributed by atoms with Crippen LogP contribution in [0, 0.1) is 0 Å². The van der Waals surface area contributed by atoms with E-state index in [4.69, 9.17) is 23.2 Å². The molecule has 0 spiro atoms. The maximum absolute atomic E-state index is 13.6. The van der Waals surface area contributed by atoms with Crippen LogP contribution in [-0.2, 0) is 22.2 Å². The van der Waals surface area contributed by atoms with Crippen molar-refractivity contribution in [2.75, 3.05) is 33.2 Å². The molecule has 2 amide bonds. The summed E-state index contributed by atoms with van der Waals surface area (Å²) in [6.45, 7) is 4.82. The van der Waals surface area contributed by atoms with E-state index >= 15 is 0 Å². The topological polar surface area (TPSA) is 52.7 Å². The van der Waals surface area contributed by atoms with Crippen molar-refractivity contribution in [3.8, 4) is 0 Å². The quantitative estimate of drug-likeness (QED) is 0.294. The lowest BCUT2D eigenvalue weighted by atomic mass is 9.70. The molecule has 2 aliphatic rings. The molecule has 3 aromatic carbocycles. The Morgan fingerprint density at radius 2 is 1.64 bits per heavy atom. The summed E-state index contributed by atoms with van der Waals surface area (Å²) in [5, 5.41) is 4.56. The number of hydrogen-bond acceptors (Lipinski definition) is 3. The van der Waals surface area contributed by atoms with Crippen LogP contribution in [0.15, 0.2) is 72.8 Å². The number of amides is 2. The SMILES string of the molecule is CC(=O)N(C)C1(c2ccccc2CCCC2(c3ccc(Cl)c(Cl)c3)CCCN(C(=O)c3ccccc3)C2)CCNCC1. The average Bonchev–Trinajstić information content (AvgIpc) is 3.02. The molecule has 0 radical (unpaired) electrons. The summed E-state index contributed by atoms with van der Waals surface area (Å²) in [6.07, 6.45) is 6.45. The molecule has 0 saturated carbocycles. The van der Waals surface area contributed by atoms with Crippen LogP contribution >= 0.6 is 23.2 Å². The lowest BCUT2D eigenvalue weighted by molar-refractivity contribution is -0.134. The third-order valence-electron chi connectivity index (χ3n) is 9.58. The standard InChI is InChI=1S/C35H41Cl2N3O2/c1-26(41)39(2)35(19-21-38-22-20-35)30-14-7-6-10-27(30)13-8-17-34(29-15-16-31(36)32(37)24-29)18-9-23-40(25-34)33(42)28-11-4-3-5-12-28/h3-7,10-12,14-16,24,38H,8-9,13,17-23,25H2,1-2H3. The Morgan fingerprint density at radius 3 is 2.36 bits per heavy atom. The number of likely N-dealkylation sites (tertiary alicyclic amines) is 1. The van der Waals surface area contributed by atoms with Crippen molar-refractivity contribution in [2.45, 2.75) is 62.8 Å². The number of hydrogen-bond donors (Lipinski definition) is 1. The van der Waals surface area contributed by atoms with Gasteiger partial charge in [0.1, 0.15) is 0 Å². The van der Waals surface area contributed by atoms with E-state index in [0.717, 1.165) is 75.7 Å². The number of aryl methyl sites for hydroxylation is 1. The van der Waals surface area contributed by atoms with Gasteiger partial charge < -0.3 is 15.1 Å². The van der Waals surface area contributed by atoms with E-state index in [2.05, 4.69) is 35.6 Å². The predicted octanol–water partition coefficient (Wildman–Crippen LogP) is 7.25. The van der Waals surface area contributed by atoms with E-state index in [1.165, 1.54) is 11.1 Å². The highest BCUT2D eigenvalue weighted by molar-refractivity contribution is 6.42. The Bertz CT molecular complexity index is 1410. The second-order valence-electron chi connectivity index (χ2n) is 12.0. The Hall–Kier alpha value is -2.86. The fraction of sp³-hybridized carbons (Fsp3) is 0.429. The largest absolute Gasteiger partial charge is 0.338 e. The highest BCUT2D eigenvalue weighted by Gasteiger charge is 2.41. The second-order valence-corrected chi connectivity index (χ2v) is 12.8. The molecule has 0 bridgehead atoms. The molecule has 5 nitrogen and oxygen atoms in total. The first-order chi connectivity index (χ1) is 20.3. The lowest BCUT2D eigenvalue weighted by Crippen LogP contribution is -2.52. The number of rotatable bonds is 8. The van der Waals surface area contributed by atoms with Gasteiger partial charge in [-0.15, -0.1) is 0 Å². The minimum Gasteiger partial charge on any atom is -0.338 e. The maximum atomic E-state index is 13.6. The van der Waals surface area contributed by atoms with Gasteiger partial charge in [-0.2, -0.15) is 0 Å². The number of piperidine rings is 2. The molecule has 0 aliphatic carbocycles. The monoisotopic (exact) mass is 605 g/mol. The van der Waals surface area contributed by atoms with Gasteiger partial charge in [0, 0.05) is 38.0 Å². The average molecular weight is 607 g/mol. The van der Waals surface area contributed by atoms with Crippen molar-refractivity contribution in [3.05, 3.63) is 105 Å². The molecule has 0 aromatic heterocycles. The molecule has 1 N–H and O–H groups in total. The van der Waals surface area contributed by atoms with Gasteiger partial charge in [-0.1, -0.05) is 71.7 Å². The molecule has 1 unspecified atom stereocenters. The zero-order chi connectivity index (χ0) is 29.7. The number of benzene rings is 3. The predicted molar refractivity (Wildman–Crippen MR) is 171 cm³/mol. The number of nitrogens with one attached hydrogen (secondary N) is 1. The Morgan fingerprint density at radius 1 is 0.929 bits per heavy atom. The second kappa shape index (κ2) is 13.2. The van der Waals surface area contributed by atoms with Crippen LogP contribution in [0.3, 0.4) is 0 Å². The Kier molecular flexibility index (Phi) is 9.61. The zero-order valence-electron chi connectivity index (χ0n) is 24.7. The summed E-state index contributed by atoms with van der Waals surface area (Å²) in [6, 6.07) is 24.2. The summed E-state index contributed by atoms with van der Waals surface area (Å²) in [7, 11) is 1.95. The van der Waals surface area contributed by atoms with E-state index in [-0.39, 0.29) is 22.8 Å². The van der Waals surface area contributed by atoms with Gasteiger partial charge in [0.05, 0.1) is 15.6 Å². The van der Waals surface area contributed by atoms with E-state index in [9.17, 15) is 9.59 Å². The first kappa shape index (κ1) is 30.6. The van der Waals surface area contributed by atoms with Crippen LogP contribution in [0.4, 0.5) is 0 Å². The maximum Gasteiger partial charge on any atom is 0.253 e. The third-order valence-corrected chi connectivity index (χ3v) is 10.3. The van der Waals surface area contributed by atoms with Crippen LogP contribution in [0.2, 0.25) is 10.0 Å². The van der Waals surface area contributed by atoms with Crippen LogP contribution in [0.1, 0.15) is 72.5 Å². The van der Waals surface area contributed by atoms with Gasteiger partial charge in [0.25, 0.3) is 5.91 Å². The first-order valence-corrected chi connectivity index (χ1v) is 15.8. The van der Waals surface area contributed by atoms with Gasteiger partial charge in [-0.25, -0.2) is 0 Å². The molecule has 42 heavy (non-hydrogen) atoms. The summed E-state index contributed by atoms with van der Waals surface area (Å²) in [5.41, 5.74) is 3.88. The van der Waals surface area contributed by atoms with E-state index in [1.807, 2.05) is 59.3 Å². The van der Waals surface area contributed by atoms with E-state index in [0.29, 0.717) is 16.6 Å². The number of halogens is 2. The smallest absolute Gasteiger partial charge is 0.253 e. The molecular formula is C35H41Cl2N3O2. The minimum absolute atomic E-state index is 0.0743. The molecule has 2 heterocycles. The highest BCUT2D eigenvalue weighted by atomic mass is 35.5. The number of carbonyl (C=O) groups is 2. The summed E-state index contributed by atoms with van der Waals surface area (Å²) < 4.78 is 0. The molecule has 222 valence electrons. The van der Waals surface area contributed by atoms with Crippen molar-refractivity contribution >= 4 is 35.0 Å². The normalized spacial score (nSPS) is 20.2. The van der Waals surface area contributed by atoms with Gasteiger partial charge in [0.2, 0.25) is 5.91 Å². The Balaban J connectivity index is 1.43. The molecule has 2 saturated heterocycles. The number of carbonyl (C=O) groups excluding carboxylic acids is 2. The fourth-order valence-corrected chi connectivity index (χ4v) is 7.51. The lowest BCUT2D eigenvalue weighted by Gasteiger charge is -2.46. The van der Waals surface area contributed by atoms with Crippen LogP contribution < -0.4 is 5.32 Å². The van der Waals surface area contributed by atoms with Crippen molar-refractivity contribution in [1.29, 1.82) is 0 Å². The van der Waals surface area contributed by atoms with Crippen molar-refractivity contribution in [1.82, 2.24) is 15.1 Å². The van der Waals surface area contributed by atoms with E-state index < -0.39 is 0 Å². The van der Waals surface area contributed by atoms with Gasteiger partial charge in [-0.3, -0.25) is 9.59 Å². The van der Waals surface area contributed by atoms with Gasteiger partial charge in [-0.05, 0) is 99.0 Å². The molecule has 7 heteroatoms. The van der Waals surface area contributed by atoms with Crippen molar-refractivity contribution in [3.63, 3.8) is 0 Å². The molecule has 2 aliphatic heterocycles. The van der Waals surface area contributed by atoms with Crippen LogP contribution in [0.25, 0.3) is 0 Å². The summed E-state index contributed by atoms with van der Waals surface area (Å²) in [4.78, 5) is 30.2. The fourth-order valence-electron chi connectivity index (χ4n) is 7.22. The third kappa shape index (κ3) is 6.24. The summed E-state index contributed by atoms with van der Waals surface area (Å²) in [5.74, 6) is 0.167. The highest BCUT2D eigenvalue weighted by Crippen LogP contribution is 2.43. The van der Waals surface area contributed by atoms with Crippen molar-refractivity contribution < 1.29 is 9.59 Å². The minimum atomic E-state index is -0.307. The zero-order valence-corrected chi connectivity index (χ0v) is 26.2. The van der Waals surface area contributed by atoms with Crippen molar-refractivity contribution in [2.24, 2.45) is 0 Å². The molecule has 2 fully saturated rings. The summed E-state index contributed by atoms with van der Waals surface area (Å²) >= 11 is 12.9. The van der Waals surface area contributed by atoms with Crippen LogP contribution in [0.5, 0.6) is 0 Å². The Labute approximate surface area is 260 Å². The number of nitrogens with zero attached hydrogens (tertiary/aromatic N) is 2.